The molecule has 194 valence electrons. The van der Waals surface area contributed by atoms with Crippen LogP contribution >= 0.6 is 0 Å². The molecule has 0 bridgehead atoms. The van der Waals surface area contributed by atoms with Crippen LogP contribution in [0.4, 0.5) is 19.3 Å². The monoisotopic (exact) mass is 503 g/mol. The molecular formula is C27H31F2NO6. The Hall–Kier alpha value is -3.72. The van der Waals surface area contributed by atoms with Crippen molar-refractivity contribution in [2.45, 2.75) is 33.3 Å². The van der Waals surface area contributed by atoms with Crippen molar-refractivity contribution in [3.05, 3.63) is 83.5 Å². The van der Waals surface area contributed by atoms with Crippen molar-refractivity contribution in [1.29, 1.82) is 0 Å². The number of rotatable bonds is 12. The highest BCUT2D eigenvalue weighted by Gasteiger charge is 2.24. The molecule has 0 radical (unpaired) electrons. The number of benzene rings is 2. The standard InChI is InChI=1S/C27H31F2NO6/c1-4-34-25(32)16-18(2)6-5-7-19(3)26(20-8-11-22(12-9-20)35-15-14-31)36-27(33)30-24-13-10-21(28)17-23(24)29/h5-6,8-13,16-17,19,26,31H,4,7,14-15H2,1-3H3,(H,30,33)/b6-5+,18-16+/t19-,26-/m0/s1. The van der Waals surface area contributed by atoms with E-state index in [-0.39, 0.29) is 31.4 Å². The van der Waals surface area contributed by atoms with Crippen molar-refractivity contribution in [2.75, 3.05) is 25.1 Å². The Balaban J connectivity index is 2.17. The SMILES string of the molecule is CCOC(=O)/C=C(C)/C=C/C[C@H](C)[C@H](OC(=O)Nc1ccc(F)cc1F)c1ccc(OCCO)cc1. The van der Waals surface area contributed by atoms with Crippen LogP contribution < -0.4 is 10.1 Å². The van der Waals surface area contributed by atoms with Crippen molar-refractivity contribution in [1.82, 2.24) is 0 Å². The minimum Gasteiger partial charge on any atom is -0.491 e. The van der Waals surface area contributed by atoms with Crippen molar-refractivity contribution < 1.29 is 37.7 Å². The third kappa shape index (κ3) is 9.50. The first-order chi connectivity index (χ1) is 17.2. The first-order valence-corrected chi connectivity index (χ1v) is 11.5. The van der Waals surface area contributed by atoms with Crippen LogP contribution in [-0.2, 0) is 14.3 Å². The number of amides is 1. The van der Waals surface area contributed by atoms with Crippen LogP contribution in [0.25, 0.3) is 0 Å². The van der Waals surface area contributed by atoms with Gasteiger partial charge in [0, 0.05) is 18.1 Å². The molecule has 2 atom stereocenters. The third-order valence-corrected chi connectivity index (χ3v) is 5.01. The van der Waals surface area contributed by atoms with Gasteiger partial charge in [-0.15, -0.1) is 0 Å². The van der Waals surface area contributed by atoms with Gasteiger partial charge in [0.15, 0.2) is 0 Å². The highest BCUT2D eigenvalue weighted by molar-refractivity contribution is 5.85. The Morgan fingerprint density at radius 2 is 1.86 bits per heavy atom. The Kier molecular flexibility index (Phi) is 11.6. The molecule has 2 N–H and O–H groups in total. The molecule has 2 rings (SSSR count). The van der Waals surface area contributed by atoms with Crippen molar-refractivity contribution in [3.8, 4) is 5.75 Å². The molecule has 0 unspecified atom stereocenters. The largest absolute Gasteiger partial charge is 0.491 e. The van der Waals surface area contributed by atoms with Gasteiger partial charge < -0.3 is 19.3 Å². The van der Waals surface area contributed by atoms with Crippen molar-refractivity contribution in [2.24, 2.45) is 5.92 Å². The molecule has 0 spiro atoms. The maximum absolute atomic E-state index is 14.0. The number of halogens is 2. The highest BCUT2D eigenvalue weighted by atomic mass is 19.1. The van der Waals surface area contributed by atoms with Crippen LogP contribution in [0.3, 0.4) is 0 Å². The molecule has 0 aliphatic carbocycles. The summed E-state index contributed by atoms with van der Waals surface area (Å²) in [5.41, 5.74) is 1.16. The Morgan fingerprint density at radius 1 is 1.14 bits per heavy atom. The van der Waals surface area contributed by atoms with Gasteiger partial charge in [-0.05, 0) is 55.7 Å². The van der Waals surface area contributed by atoms with Gasteiger partial charge in [-0.2, -0.15) is 0 Å². The number of hydrogen-bond acceptors (Lipinski definition) is 6. The summed E-state index contributed by atoms with van der Waals surface area (Å²) in [6.07, 6.45) is 3.86. The van der Waals surface area contributed by atoms with E-state index in [1.807, 2.05) is 13.0 Å². The minimum absolute atomic E-state index is 0.124. The number of aliphatic hydroxyl groups excluding tert-OH is 1. The topological polar surface area (TPSA) is 94.1 Å². The number of allylic oxidation sites excluding steroid dienone is 3. The van der Waals surface area contributed by atoms with Gasteiger partial charge in [-0.25, -0.2) is 18.4 Å². The molecule has 0 heterocycles. The fourth-order valence-corrected chi connectivity index (χ4v) is 3.29. The lowest BCUT2D eigenvalue weighted by molar-refractivity contribution is -0.137. The van der Waals surface area contributed by atoms with Crippen LogP contribution in [0.15, 0.2) is 66.3 Å². The molecule has 0 fully saturated rings. The lowest BCUT2D eigenvalue weighted by Gasteiger charge is -2.24. The van der Waals surface area contributed by atoms with Gasteiger partial charge >= 0.3 is 12.1 Å². The number of aliphatic hydroxyl groups is 1. The van der Waals surface area contributed by atoms with E-state index < -0.39 is 29.8 Å². The fraction of sp³-hybridized carbons (Fsp3) is 0.333. The molecule has 9 heteroatoms. The maximum Gasteiger partial charge on any atom is 0.412 e. The average Bonchev–Trinajstić information content (AvgIpc) is 2.83. The molecule has 0 aromatic heterocycles. The van der Waals surface area contributed by atoms with Crippen LogP contribution in [0.5, 0.6) is 5.75 Å². The predicted octanol–water partition coefficient (Wildman–Crippen LogP) is 5.72. The average molecular weight is 504 g/mol. The second kappa shape index (κ2) is 14.6. The summed E-state index contributed by atoms with van der Waals surface area (Å²) >= 11 is 0. The zero-order valence-corrected chi connectivity index (χ0v) is 20.5. The zero-order valence-electron chi connectivity index (χ0n) is 20.5. The van der Waals surface area contributed by atoms with E-state index in [0.717, 1.165) is 12.1 Å². The smallest absolute Gasteiger partial charge is 0.412 e. The molecule has 0 saturated carbocycles. The van der Waals surface area contributed by atoms with E-state index >= 15 is 0 Å². The summed E-state index contributed by atoms with van der Waals surface area (Å²) in [7, 11) is 0. The summed E-state index contributed by atoms with van der Waals surface area (Å²) in [5, 5.41) is 11.2. The molecule has 36 heavy (non-hydrogen) atoms. The number of carbonyl (C=O) groups excluding carboxylic acids is 2. The molecule has 0 aliphatic rings. The number of esters is 1. The van der Waals surface area contributed by atoms with Gasteiger partial charge in [-0.1, -0.05) is 31.2 Å². The molecule has 0 saturated heterocycles. The summed E-state index contributed by atoms with van der Waals surface area (Å²) in [5.74, 6) is -1.79. The Morgan fingerprint density at radius 3 is 2.50 bits per heavy atom. The van der Waals surface area contributed by atoms with Gasteiger partial charge in [0.2, 0.25) is 0 Å². The molecule has 2 aromatic carbocycles. The summed E-state index contributed by atoms with van der Waals surface area (Å²) in [6, 6.07) is 9.64. The lowest BCUT2D eigenvalue weighted by Crippen LogP contribution is -2.22. The lowest BCUT2D eigenvalue weighted by atomic mass is 9.94. The van der Waals surface area contributed by atoms with Crippen LogP contribution in [0.2, 0.25) is 0 Å². The fourth-order valence-electron chi connectivity index (χ4n) is 3.29. The van der Waals surface area contributed by atoms with Gasteiger partial charge in [0.25, 0.3) is 0 Å². The van der Waals surface area contributed by atoms with Gasteiger partial charge in [0.1, 0.15) is 30.1 Å². The number of hydrogen-bond donors (Lipinski definition) is 2. The summed E-state index contributed by atoms with van der Waals surface area (Å²) < 4.78 is 43.1. The van der Waals surface area contributed by atoms with E-state index in [9.17, 15) is 18.4 Å². The highest BCUT2D eigenvalue weighted by Crippen LogP contribution is 2.31. The van der Waals surface area contributed by atoms with E-state index in [2.05, 4.69) is 5.32 Å². The van der Waals surface area contributed by atoms with Crippen LogP contribution in [0, 0.1) is 17.6 Å². The third-order valence-electron chi connectivity index (χ3n) is 5.01. The summed E-state index contributed by atoms with van der Waals surface area (Å²) in [4.78, 5) is 24.2. The van der Waals surface area contributed by atoms with Gasteiger partial charge in [0.05, 0.1) is 18.9 Å². The van der Waals surface area contributed by atoms with E-state index in [1.165, 1.54) is 6.08 Å². The van der Waals surface area contributed by atoms with Crippen molar-refractivity contribution in [3.63, 3.8) is 0 Å². The second-order valence-electron chi connectivity index (χ2n) is 7.97. The Bertz CT molecular complexity index is 1070. The van der Waals surface area contributed by atoms with Gasteiger partial charge in [-0.3, -0.25) is 5.32 Å². The number of nitrogens with one attached hydrogen (secondary N) is 1. The van der Waals surface area contributed by atoms with Crippen LogP contribution in [-0.4, -0.2) is 37.0 Å². The minimum atomic E-state index is -0.922. The number of anilines is 1. The molecular weight excluding hydrogens is 472 g/mol. The first-order valence-electron chi connectivity index (χ1n) is 11.5. The molecule has 7 nitrogen and oxygen atoms in total. The van der Waals surface area contributed by atoms with Crippen LogP contribution in [0.1, 0.15) is 38.9 Å². The first kappa shape index (κ1) is 28.5. The van der Waals surface area contributed by atoms with Crippen molar-refractivity contribution >= 4 is 17.7 Å². The quantitative estimate of drug-likeness (QED) is 0.219. The van der Waals surface area contributed by atoms with E-state index in [4.69, 9.17) is 19.3 Å². The second-order valence-corrected chi connectivity index (χ2v) is 7.97. The normalized spacial score (nSPS) is 13.2. The number of carbonyl (C=O) groups is 2. The predicted molar refractivity (Wildman–Crippen MR) is 132 cm³/mol. The Labute approximate surface area is 209 Å². The van der Waals surface area contributed by atoms with E-state index in [0.29, 0.717) is 29.4 Å². The molecule has 1 amide bonds. The summed E-state index contributed by atoms with van der Waals surface area (Å²) in [6.45, 7) is 5.68. The maximum atomic E-state index is 14.0. The number of ether oxygens (including phenoxy) is 3. The van der Waals surface area contributed by atoms with E-state index in [1.54, 1.807) is 44.2 Å². The zero-order chi connectivity index (χ0) is 26.5. The molecule has 2 aromatic rings. The molecule has 0 aliphatic heterocycles.